The fourth-order valence-corrected chi connectivity index (χ4v) is 2.14. The van der Waals surface area contributed by atoms with Crippen LogP contribution in [0.2, 0.25) is 0 Å². The van der Waals surface area contributed by atoms with Crippen molar-refractivity contribution in [3.05, 3.63) is 34.1 Å². The first-order chi connectivity index (χ1) is 8.11. The van der Waals surface area contributed by atoms with Crippen LogP contribution in [0.4, 0.5) is 0 Å². The summed E-state index contributed by atoms with van der Waals surface area (Å²) in [6.45, 7) is 4.01. The van der Waals surface area contributed by atoms with Gasteiger partial charge < -0.3 is 10.3 Å². The van der Waals surface area contributed by atoms with Gasteiger partial charge in [-0.05, 0) is 31.0 Å². The molecule has 1 unspecified atom stereocenters. The van der Waals surface area contributed by atoms with Crippen LogP contribution in [-0.2, 0) is 0 Å². The highest BCUT2D eigenvalue weighted by molar-refractivity contribution is 9.10. The van der Waals surface area contributed by atoms with Crippen LogP contribution in [0.5, 0.6) is 0 Å². The van der Waals surface area contributed by atoms with Gasteiger partial charge in [-0.15, -0.1) is 0 Å². The van der Waals surface area contributed by atoms with E-state index in [-0.39, 0.29) is 6.04 Å². The molecular formula is C12H14BrN3O. The lowest BCUT2D eigenvalue weighted by Gasteiger charge is -2.01. The Morgan fingerprint density at radius 2 is 2.24 bits per heavy atom. The monoisotopic (exact) mass is 295 g/mol. The van der Waals surface area contributed by atoms with E-state index in [2.05, 4.69) is 26.1 Å². The van der Waals surface area contributed by atoms with Gasteiger partial charge in [0.25, 0.3) is 0 Å². The van der Waals surface area contributed by atoms with E-state index in [0.717, 1.165) is 16.5 Å². The lowest BCUT2D eigenvalue weighted by molar-refractivity contribution is 0.352. The van der Waals surface area contributed by atoms with Crippen molar-refractivity contribution in [1.82, 2.24) is 10.1 Å². The van der Waals surface area contributed by atoms with Crippen molar-refractivity contribution in [1.29, 1.82) is 0 Å². The fraction of sp³-hybridized carbons (Fsp3) is 0.333. The summed E-state index contributed by atoms with van der Waals surface area (Å²) in [6, 6.07) is 5.80. The third-order valence-corrected chi connectivity index (χ3v) is 3.22. The average Bonchev–Trinajstić information content (AvgIpc) is 2.77. The van der Waals surface area contributed by atoms with Gasteiger partial charge in [-0.25, -0.2) is 0 Å². The lowest BCUT2D eigenvalue weighted by atomic mass is 10.1. The van der Waals surface area contributed by atoms with E-state index < -0.39 is 0 Å². The molecule has 0 spiro atoms. The molecule has 5 heteroatoms. The van der Waals surface area contributed by atoms with Gasteiger partial charge in [0.15, 0.2) is 0 Å². The third-order valence-electron chi connectivity index (χ3n) is 2.56. The first-order valence-electron chi connectivity index (χ1n) is 5.47. The zero-order valence-corrected chi connectivity index (χ0v) is 11.4. The molecule has 1 heterocycles. The van der Waals surface area contributed by atoms with Gasteiger partial charge in [0.05, 0.1) is 6.04 Å². The molecule has 0 aliphatic carbocycles. The van der Waals surface area contributed by atoms with Gasteiger partial charge in [-0.3, -0.25) is 0 Å². The van der Waals surface area contributed by atoms with Crippen molar-refractivity contribution < 1.29 is 4.52 Å². The van der Waals surface area contributed by atoms with Crippen LogP contribution in [0.1, 0.15) is 30.8 Å². The molecule has 2 N–H and O–H groups in total. The Labute approximate surface area is 108 Å². The van der Waals surface area contributed by atoms with Gasteiger partial charge in [0.2, 0.25) is 11.7 Å². The fourth-order valence-electron chi connectivity index (χ4n) is 1.47. The summed E-state index contributed by atoms with van der Waals surface area (Å²) in [5.41, 5.74) is 7.93. The van der Waals surface area contributed by atoms with Crippen LogP contribution in [0.15, 0.2) is 27.2 Å². The Kier molecular flexibility index (Phi) is 3.59. The predicted molar refractivity (Wildman–Crippen MR) is 69.4 cm³/mol. The van der Waals surface area contributed by atoms with Crippen LogP contribution in [0.3, 0.4) is 0 Å². The van der Waals surface area contributed by atoms with Gasteiger partial charge >= 0.3 is 0 Å². The summed E-state index contributed by atoms with van der Waals surface area (Å²) >= 11 is 3.49. The maximum Gasteiger partial charge on any atom is 0.243 e. The molecule has 17 heavy (non-hydrogen) atoms. The molecule has 0 saturated heterocycles. The van der Waals surface area contributed by atoms with E-state index >= 15 is 0 Å². The Hall–Kier alpha value is -1.20. The number of rotatable bonds is 3. The summed E-state index contributed by atoms with van der Waals surface area (Å²) in [5.74, 6) is 1.05. The van der Waals surface area contributed by atoms with Crippen LogP contribution >= 0.6 is 15.9 Å². The molecule has 0 bridgehead atoms. The molecule has 1 aromatic heterocycles. The highest BCUT2D eigenvalue weighted by atomic mass is 79.9. The number of benzene rings is 1. The maximum absolute atomic E-state index is 5.84. The Morgan fingerprint density at radius 1 is 1.47 bits per heavy atom. The van der Waals surface area contributed by atoms with Crippen molar-refractivity contribution in [2.24, 2.45) is 5.73 Å². The number of aromatic nitrogens is 2. The molecular weight excluding hydrogens is 282 g/mol. The molecule has 90 valence electrons. The molecule has 1 atom stereocenters. The number of nitrogens with two attached hydrogens (primary N) is 1. The molecule has 2 aromatic rings. The van der Waals surface area contributed by atoms with E-state index in [1.165, 1.54) is 5.56 Å². The number of nitrogens with zero attached hydrogens (tertiary/aromatic N) is 2. The molecule has 0 aliphatic rings. The molecule has 0 saturated carbocycles. The molecule has 4 nitrogen and oxygen atoms in total. The number of halogens is 1. The van der Waals surface area contributed by atoms with E-state index in [0.29, 0.717) is 11.7 Å². The quantitative estimate of drug-likeness (QED) is 0.944. The molecule has 0 amide bonds. The molecule has 1 aromatic carbocycles. The normalized spacial score (nSPS) is 12.7. The zero-order chi connectivity index (χ0) is 12.4. The first kappa shape index (κ1) is 12.3. The van der Waals surface area contributed by atoms with Crippen molar-refractivity contribution in [2.45, 2.75) is 26.3 Å². The maximum atomic E-state index is 5.84. The lowest BCUT2D eigenvalue weighted by Crippen LogP contribution is -2.08. The van der Waals surface area contributed by atoms with Crippen LogP contribution in [-0.4, -0.2) is 10.1 Å². The predicted octanol–water partition coefficient (Wildman–Crippen LogP) is 3.22. The Balaban J connectivity index is 2.37. The molecule has 2 rings (SSSR count). The topological polar surface area (TPSA) is 64.9 Å². The minimum absolute atomic E-state index is 0.194. The van der Waals surface area contributed by atoms with E-state index in [1.807, 2.05) is 32.0 Å². The smallest absolute Gasteiger partial charge is 0.243 e. The Bertz CT molecular complexity index is 524. The first-order valence-corrected chi connectivity index (χ1v) is 6.26. The summed E-state index contributed by atoms with van der Waals surface area (Å²) in [7, 11) is 0. The van der Waals surface area contributed by atoms with Gasteiger partial charge in [0, 0.05) is 10.0 Å². The zero-order valence-electron chi connectivity index (χ0n) is 9.77. The summed E-state index contributed by atoms with van der Waals surface area (Å²) in [5, 5.41) is 3.95. The number of aryl methyl sites for hydroxylation is 1. The number of hydrogen-bond acceptors (Lipinski definition) is 4. The molecule has 0 radical (unpaired) electrons. The Morgan fingerprint density at radius 3 is 2.88 bits per heavy atom. The second-order valence-electron chi connectivity index (χ2n) is 3.95. The largest absolute Gasteiger partial charge is 0.337 e. The summed E-state index contributed by atoms with van der Waals surface area (Å²) in [6.07, 6.45) is 0.775. The van der Waals surface area contributed by atoms with Crippen LogP contribution < -0.4 is 5.73 Å². The minimum Gasteiger partial charge on any atom is -0.337 e. The van der Waals surface area contributed by atoms with Crippen LogP contribution in [0, 0.1) is 6.92 Å². The van der Waals surface area contributed by atoms with Crippen molar-refractivity contribution in [2.75, 3.05) is 0 Å². The third kappa shape index (κ3) is 2.56. The van der Waals surface area contributed by atoms with Crippen molar-refractivity contribution in [3.63, 3.8) is 0 Å². The summed E-state index contributed by atoms with van der Waals surface area (Å²) < 4.78 is 6.10. The van der Waals surface area contributed by atoms with Gasteiger partial charge in [-0.2, -0.15) is 4.98 Å². The van der Waals surface area contributed by atoms with Crippen LogP contribution in [0.25, 0.3) is 11.4 Å². The SMILES string of the molecule is CCC(N)c1nc(-c2ccc(C)cc2Br)no1. The average molecular weight is 296 g/mol. The second kappa shape index (κ2) is 4.98. The van der Waals surface area contributed by atoms with E-state index in [4.69, 9.17) is 10.3 Å². The second-order valence-corrected chi connectivity index (χ2v) is 4.81. The van der Waals surface area contributed by atoms with Gasteiger partial charge in [-0.1, -0.05) is 34.1 Å². The van der Waals surface area contributed by atoms with Crippen molar-refractivity contribution >= 4 is 15.9 Å². The van der Waals surface area contributed by atoms with E-state index in [9.17, 15) is 0 Å². The minimum atomic E-state index is -0.194. The standard InChI is InChI=1S/C12H14BrN3O/c1-3-10(14)12-15-11(16-17-12)8-5-4-7(2)6-9(8)13/h4-6,10H,3,14H2,1-2H3. The van der Waals surface area contributed by atoms with Gasteiger partial charge in [0.1, 0.15) is 0 Å². The molecule has 0 fully saturated rings. The number of hydrogen-bond donors (Lipinski definition) is 1. The highest BCUT2D eigenvalue weighted by Gasteiger charge is 2.15. The van der Waals surface area contributed by atoms with Crippen molar-refractivity contribution in [3.8, 4) is 11.4 Å². The summed E-state index contributed by atoms with van der Waals surface area (Å²) in [4.78, 5) is 4.31. The highest BCUT2D eigenvalue weighted by Crippen LogP contribution is 2.27. The van der Waals surface area contributed by atoms with E-state index in [1.54, 1.807) is 0 Å². The molecule has 0 aliphatic heterocycles.